The number of piperidine rings is 2. The van der Waals surface area contributed by atoms with Crippen molar-refractivity contribution in [3.63, 3.8) is 0 Å². The maximum atomic E-state index is 6.74. The zero-order chi connectivity index (χ0) is 21.6. The molecule has 0 radical (unpaired) electrons. The van der Waals surface area contributed by atoms with Crippen LogP contribution in [0.3, 0.4) is 0 Å². The van der Waals surface area contributed by atoms with Gasteiger partial charge in [0.1, 0.15) is 12.5 Å². The van der Waals surface area contributed by atoms with E-state index in [0.29, 0.717) is 24.7 Å². The molecule has 5 heterocycles. The summed E-state index contributed by atoms with van der Waals surface area (Å²) in [6.07, 6.45) is 26.5. The molecule has 0 amide bonds. The molecule has 5 aliphatic heterocycles. The third-order valence-corrected chi connectivity index (χ3v) is 9.41. The van der Waals surface area contributed by atoms with E-state index in [1.54, 1.807) is 0 Å². The van der Waals surface area contributed by atoms with Crippen LogP contribution >= 0.6 is 0 Å². The van der Waals surface area contributed by atoms with Crippen LogP contribution in [0.2, 0.25) is 0 Å². The second-order valence-electron chi connectivity index (χ2n) is 11.7. The summed E-state index contributed by atoms with van der Waals surface area (Å²) in [4.78, 5) is 5.36. The second kappa shape index (κ2) is 12.0. The average molecular weight is 447 g/mol. The van der Waals surface area contributed by atoms with E-state index in [-0.39, 0.29) is 0 Å². The van der Waals surface area contributed by atoms with Crippen LogP contribution in [0.4, 0.5) is 0 Å². The second-order valence-corrected chi connectivity index (χ2v) is 11.7. The van der Waals surface area contributed by atoms with E-state index in [2.05, 4.69) is 9.80 Å². The van der Waals surface area contributed by atoms with Crippen LogP contribution in [0, 0.1) is 11.8 Å². The average Bonchev–Trinajstić information content (AvgIpc) is 2.83. The van der Waals surface area contributed by atoms with Crippen LogP contribution in [0.15, 0.2) is 0 Å². The van der Waals surface area contributed by atoms with Crippen molar-refractivity contribution >= 4 is 0 Å². The van der Waals surface area contributed by atoms with E-state index in [9.17, 15) is 0 Å². The molecule has 5 saturated heterocycles. The topological polar surface area (TPSA) is 24.9 Å². The van der Waals surface area contributed by atoms with Crippen molar-refractivity contribution in [3.8, 4) is 0 Å². The fraction of sp³-hybridized carbons (Fsp3) is 1.00. The highest BCUT2D eigenvalue weighted by atomic mass is 16.5. The van der Waals surface area contributed by atoms with Gasteiger partial charge in [-0.05, 0) is 76.0 Å². The first-order chi connectivity index (χ1) is 15.9. The molecule has 0 aromatic carbocycles. The van der Waals surface area contributed by atoms with Crippen LogP contribution in [0.25, 0.3) is 0 Å². The Morgan fingerprint density at radius 2 is 0.781 bits per heavy atom. The monoisotopic (exact) mass is 446 g/mol. The first kappa shape index (κ1) is 23.6. The molecule has 5 aliphatic rings. The fourth-order valence-electron chi connectivity index (χ4n) is 7.53. The molecule has 5 rings (SSSR count). The van der Waals surface area contributed by atoms with Gasteiger partial charge in [0.05, 0.1) is 12.2 Å². The zero-order valence-electron chi connectivity index (χ0n) is 20.7. The van der Waals surface area contributed by atoms with Gasteiger partial charge in [0.15, 0.2) is 0 Å². The highest BCUT2D eigenvalue weighted by Crippen LogP contribution is 2.36. The lowest BCUT2D eigenvalue weighted by molar-refractivity contribution is -0.183. The van der Waals surface area contributed by atoms with Gasteiger partial charge in [0, 0.05) is 26.2 Å². The Kier molecular flexibility index (Phi) is 8.84. The maximum Gasteiger partial charge on any atom is 0.113 e. The first-order valence-electron chi connectivity index (χ1n) is 14.7. The summed E-state index contributed by atoms with van der Waals surface area (Å²) >= 11 is 0. The Morgan fingerprint density at radius 3 is 1.25 bits per heavy atom. The lowest BCUT2D eigenvalue weighted by Crippen LogP contribution is -2.53. The Bertz CT molecular complexity index is 510. The van der Waals surface area contributed by atoms with Crippen LogP contribution in [-0.4, -0.2) is 60.6 Å². The highest BCUT2D eigenvalue weighted by Gasteiger charge is 2.38. The van der Waals surface area contributed by atoms with Gasteiger partial charge in [-0.25, -0.2) is 0 Å². The Labute approximate surface area is 197 Å². The van der Waals surface area contributed by atoms with E-state index >= 15 is 0 Å². The number of hydrogen-bond donors (Lipinski definition) is 0. The van der Waals surface area contributed by atoms with Gasteiger partial charge in [0.25, 0.3) is 0 Å². The van der Waals surface area contributed by atoms with Crippen LogP contribution in [-0.2, 0) is 9.47 Å². The van der Waals surface area contributed by atoms with Gasteiger partial charge in [-0.1, -0.05) is 51.4 Å². The normalized spacial score (nSPS) is 41.6. The molecule has 5 fully saturated rings. The van der Waals surface area contributed by atoms with Gasteiger partial charge >= 0.3 is 0 Å². The lowest BCUT2D eigenvalue weighted by Gasteiger charge is -2.47. The van der Waals surface area contributed by atoms with E-state index in [1.165, 1.54) is 142 Å². The highest BCUT2D eigenvalue weighted by molar-refractivity contribution is 4.85. The smallest absolute Gasteiger partial charge is 0.113 e. The minimum absolute atomic E-state index is 0.440. The SMILES string of the molecule is C1CCC[C@H]2CCCN3CC[C@@H](CCCCCC[C@H]4CCCN5CC[C@@H](CC1)O[C@H]45)O[C@H]23. The molecule has 4 nitrogen and oxygen atoms in total. The number of nitrogens with zero attached hydrogens (tertiary/aromatic N) is 2. The molecule has 4 heteroatoms. The summed E-state index contributed by atoms with van der Waals surface area (Å²) in [6, 6.07) is 0. The lowest BCUT2D eigenvalue weighted by atomic mass is 9.87. The van der Waals surface area contributed by atoms with E-state index in [1.807, 2.05) is 0 Å². The molecule has 6 atom stereocenters. The predicted octanol–water partition coefficient (Wildman–Crippen LogP) is 6.34. The van der Waals surface area contributed by atoms with Crippen molar-refractivity contribution in [2.24, 2.45) is 11.8 Å². The van der Waals surface area contributed by atoms with Crippen molar-refractivity contribution in [2.45, 2.75) is 140 Å². The molecular weight excluding hydrogens is 396 g/mol. The van der Waals surface area contributed by atoms with Crippen molar-refractivity contribution in [3.05, 3.63) is 0 Å². The minimum atomic E-state index is 0.440. The van der Waals surface area contributed by atoms with Gasteiger partial charge < -0.3 is 9.47 Å². The summed E-state index contributed by atoms with van der Waals surface area (Å²) in [5.41, 5.74) is 0. The number of hydrogen-bond acceptors (Lipinski definition) is 4. The largest absolute Gasteiger partial charge is 0.360 e. The third kappa shape index (κ3) is 6.09. The van der Waals surface area contributed by atoms with Crippen LogP contribution < -0.4 is 0 Å². The molecule has 0 aliphatic carbocycles. The first-order valence-corrected chi connectivity index (χ1v) is 14.7. The number of rotatable bonds is 0. The molecule has 0 aromatic rings. The number of ether oxygens (including phenoxy) is 2. The summed E-state index contributed by atoms with van der Waals surface area (Å²) < 4.78 is 13.5. The zero-order valence-corrected chi connectivity index (χ0v) is 20.7. The van der Waals surface area contributed by atoms with Crippen molar-refractivity contribution in [1.82, 2.24) is 9.80 Å². The van der Waals surface area contributed by atoms with E-state index in [0.717, 1.165) is 11.8 Å². The predicted molar refractivity (Wildman–Crippen MR) is 131 cm³/mol. The summed E-state index contributed by atoms with van der Waals surface area (Å²) in [5.74, 6) is 1.57. The van der Waals surface area contributed by atoms with Gasteiger partial charge in [-0.2, -0.15) is 0 Å². The quantitative estimate of drug-likeness (QED) is 0.434. The molecule has 0 saturated carbocycles. The summed E-state index contributed by atoms with van der Waals surface area (Å²) in [6.45, 7) is 5.11. The van der Waals surface area contributed by atoms with E-state index in [4.69, 9.17) is 9.47 Å². The molecule has 32 heavy (non-hydrogen) atoms. The van der Waals surface area contributed by atoms with Crippen LogP contribution in [0.1, 0.15) is 116 Å². The summed E-state index contributed by atoms with van der Waals surface area (Å²) in [5, 5.41) is 0. The molecule has 0 unspecified atom stereocenters. The Balaban J connectivity index is 1.16. The van der Waals surface area contributed by atoms with Crippen molar-refractivity contribution in [1.29, 1.82) is 0 Å². The molecule has 4 bridgehead atoms. The van der Waals surface area contributed by atoms with Gasteiger partial charge in [-0.15, -0.1) is 0 Å². The van der Waals surface area contributed by atoms with Crippen LogP contribution in [0.5, 0.6) is 0 Å². The minimum Gasteiger partial charge on any atom is -0.360 e. The molecular formula is C28H50N2O2. The Morgan fingerprint density at radius 1 is 0.375 bits per heavy atom. The molecule has 0 aromatic heterocycles. The molecule has 0 N–H and O–H groups in total. The van der Waals surface area contributed by atoms with Crippen molar-refractivity contribution < 1.29 is 9.47 Å². The fourth-order valence-corrected chi connectivity index (χ4v) is 7.53. The third-order valence-electron chi connectivity index (χ3n) is 9.41. The summed E-state index contributed by atoms with van der Waals surface area (Å²) in [7, 11) is 0. The molecule has 184 valence electrons. The number of fused-ring (bicyclic) bond motifs is 2. The standard InChI is InChI=1S/C28H50N2O2/c1-3-7-15-25-17-21-30-20-10-14-24(28(30)31-25)12-6-2-4-8-16-26-18-22-29-19-9-13-23(11-5-1)27(29)32-26/h23-28H,1-22H2/t23-,24-,25+,26+,27+,28+/m0/s1. The molecule has 0 spiro atoms. The maximum absolute atomic E-state index is 6.74. The Hall–Kier alpha value is -0.160. The van der Waals surface area contributed by atoms with E-state index < -0.39 is 0 Å². The van der Waals surface area contributed by atoms with Gasteiger partial charge in [0.2, 0.25) is 0 Å². The van der Waals surface area contributed by atoms with Gasteiger partial charge in [-0.3, -0.25) is 9.80 Å². The van der Waals surface area contributed by atoms with Crippen molar-refractivity contribution in [2.75, 3.05) is 26.2 Å².